The molecule has 0 spiro atoms. The second kappa shape index (κ2) is 10.1. The molecule has 0 heterocycles. The Morgan fingerprint density at radius 3 is 2.41 bits per heavy atom. The van der Waals surface area contributed by atoms with Gasteiger partial charge in [-0.2, -0.15) is 0 Å². The molecule has 0 aliphatic carbocycles. The van der Waals surface area contributed by atoms with E-state index in [1.165, 1.54) is 0 Å². The minimum absolute atomic E-state index is 0.101. The summed E-state index contributed by atoms with van der Waals surface area (Å²) in [6, 6.07) is 23.4. The van der Waals surface area contributed by atoms with Crippen LogP contribution in [0.1, 0.15) is 28.4 Å². The molecule has 29 heavy (non-hydrogen) atoms. The molecule has 1 unspecified atom stereocenters. The molecule has 0 saturated heterocycles. The first-order chi connectivity index (χ1) is 14.1. The molecule has 0 fully saturated rings. The number of anilines is 1. The van der Waals surface area contributed by atoms with E-state index in [-0.39, 0.29) is 18.2 Å². The van der Waals surface area contributed by atoms with Crippen molar-refractivity contribution in [2.24, 2.45) is 0 Å². The molecule has 0 aliphatic heterocycles. The predicted octanol–water partition coefficient (Wildman–Crippen LogP) is 5.56. The van der Waals surface area contributed by atoms with Gasteiger partial charge in [0.1, 0.15) is 0 Å². The number of amides is 2. The maximum atomic E-state index is 12.7. The average molecular weight is 425 g/mol. The number of hydrogen-bond donors (Lipinski definition) is 2. The van der Waals surface area contributed by atoms with Gasteiger partial charge >= 0.3 is 0 Å². The van der Waals surface area contributed by atoms with Crippen molar-refractivity contribution in [2.75, 3.05) is 11.6 Å². The number of rotatable bonds is 7. The first kappa shape index (κ1) is 21.0. The van der Waals surface area contributed by atoms with Gasteiger partial charge in [-0.25, -0.2) is 0 Å². The predicted molar refractivity (Wildman–Crippen MR) is 120 cm³/mol. The van der Waals surface area contributed by atoms with E-state index in [1.54, 1.807) is 36.0 Å². The quantitative estimate of drug-likeness (QED) is 0.488. The summed E-state index contributed by atoms with van der Waals surface area (Å²) in [7, 11) is 0. The normalized spacial score (nSPS) is 11.5. The third-order valence-electron chi connectivity index (χ3n) is 4.37. The maximum absolute atomic E-state index is 12.7. The Bertz CT molecular complexity index is 995. The third kappa shape index (κ3) is 5.86. The van der Waals surface area contributed by atoms with Crippen LogP contribution in [0.4, 0.5) is 5.69 Å². The number of carbonyl (C=O) groups excluding carboxylic acids is 2. The highest BCUT2D eigenvalue weighted by Crippen LogP contribution is 2.22. The van der Waals surface area contributed by atoms with Crippen LogP contribution in [0.3, 0.4) is 0 Å². The minimum Gasteiger partial charge on any atom is -0.345 e. The van der Waals surface area contributed by atoms with E-state index >= 15 is 0 Å². The number of carbonyl (C=O) groups is 2. The van der Waals surface area contributed by atoms with Crippen molar-refractivity contribution >= 4 is 40.9 Å². The zero-order valence-corrected chi connectivity index (χ0v) is 17.5. The van der Waals surface area contributed by atoms with Crippen molar-refractivity contribution in [3.05, 3.63) is 95.0 Å². The lowest BCUT2D eigenvalue weighted by molar-refractivity contribution is -0.116. The van der Waals surface area contributed by atoms with Crippen LogP contribution in [0, 0.1) is 0 Å². The van der Waals surface area contributed by atoms with Gasteiger partial charge in [-0.15, -0.1) is 11.8 Å². The first-order valence-corrected chi connectivity index (χ1v) is 10.7. The van der Waals surface area contributed by atoms with E-state index in [0.717, 1.165) is 16.1 Å². The highest BCUT2D eigenvalue weighted by molar-refractivity contribution is 7.98. The Morgan fingerprint density at radius 1 is 0.966 bits per heavy atom. The van der Waals surface area contributed by atoms with E-state index in [2.05, 4.69) is 10.6 Å². The van der Waals surface area contributed by atoms with Crippen LogP contribution in [-0.2, 0) is 4.79 Å². The standard InChI is InChI=1S/C23H21ClN2O2S/c1-29-18-11-7-10-17(14-18)25-22(27)15-21(16-8-3-2-4-9-16)26-23(28)19-12-5-6-13-20(19)24/h2-14,21H,15H2,1H3,(H,25,27)(H,26,28). The summed E-state index contributed by atoms with van der Waals surface area (Å²) in [4.78, 5) is 26.5. The highest BCUT2D eigenvalue weighted by Gasteiger charge is 2.20. The summed E-state index contributed by atoms with van der Waals surface area (Å²) < 4.78 is 0. The van der Waals surface area contributed by atoms with Crippen LogP contribution >= 0.6 is 23.4 Å². The third-order valence-corrected chi connectivity index (χ3v) is 5.42. The van der Waals surface area contributed by atoms with Crippen molar-refractivity contribution in [3.63, 3.8) is 0 Å². The van der Waals surface area contributed by atoms with Crippen molar-refractivity contribution in [1.82, 2.24) is 5.32 Å². The lowest BCUT2D eigenvalue weighted by Crippen LogP contribution is -2.31. The Balaban J connectivity index is 1.76. The Hall–Kier alpha value is -2.76. The number of thioether (sulfide) groups is 1. The van der Waals surface area contributed by atoms with Crippen molar-refractivity contribution < 1.29 is 9.59 Å². The molecule has 1 atom stereocenters. The smallest absolute Gasteiger partial charge is 0.253 e. The van der Waals surface area contributed by atoms with Crippen molar-refractivity contribution in [1.29, 1.82) is 0 Å². The van der Waals surface area contributed by atoms with Crippen LogP contribution in [0.25, 0.3) is 0 Å². The number of hydrogen-bond acceptors (Lipinski definition) is 3. The average Bonchev–Trinajstić information content (AvgIpc) is 2.74. The van der Waals surface area contributed by atoms with Crippen molar-refractivity contribution in [3.8, 4) is 0 Å². The number of halogens is 1. The molecule has 2 N–H and O–H groups in total. The second-order valence-electron chi connectivity index (χ2n) is 6.40. The summed E-state index contributed by atoms with van der Waals surface area (Å²) in [5.41, 5.74) is 1.95. The van der Waals surface area contributed by atoms with E-state index in [9.17, 15) is 9.59 Å². The highest BCUT2D eigenvalue weighted by atomic mass is 35.5. The SMILES string of the molecule is CSc1cccc(NC(=O)CC(NC(=O)c2ccccc2Cl)c2ccccc2)c1. The molecule has 0 saturated carbocycles. The zero-order chi connectivity index (χ0) is 20.6. The van der Waals surface area contributed by atoms with E-state index < -0.39 is 6.04 Å². The van der Waals surface area contributed by atoms with Gasteiger partial charge in [-0.05, 0) is 42.2 Å². The van der Waals surface area contributed by atoms with Gasteiger partial charge in [-0.3, -0.25) is 9.59 Å². The molecular formula is C23H21ClN2O2S. The van der Waals surface area contributed by atoms with E-state index in [1.807, 2.05) is 60.9 Å². The molecule has 0 radical (unpaired) electrons. The van der Waals surface area contributed by atoms with Gasteiger partial charge in [-0.1, -0.05) is 60.1 Å². The van der Waals surface area contributed by atoms with Crippen LogP contribution in [0.15, 0.2) is 83.8 Å². The lowest BCUT2D eigenvalue weighted by atomic mass is 10.0. The fourth-order valence-corrected chi connectivity index (χ4v) is 3.60. The van der Waals surface area contributed by atoms with Crippen LogP contribution in [0.2, 0.25) is 5.02 Å². The zero-order valence-electron chi connectivity index (χ0n) is 15.9. The molecular weight excluding hydrogens is 404 g/mol. The summed E-state index contributed by atoms with van der Waals surface area (Å²) in [5.74, 6) is -0.502. The van der Waals surface area contributed by atoms with Gasteiger partial charge in [0.25, 0.3) is 5.91 Å². The first-order valence-electron chi connectivity index (χ1n) is 9.11. The maximum Gasteiger partial charge on any atom is 0.253 e. The fraction of sp³-hybridized carbons (Fsp3) is 0.130. The Morgan fingerprint density at radius 2 is 1.69 bits per heavy atom. The van der Waals surface area contributed by atoms with Gasteiger partial charge in [0.15, 0.2) is 0 Å². The minimum atomic E-state index is -0.483. The molecule has 3 rings (SSSR count). The molecule has 3 aromatic carbocycles. The van der Waals surface area contributed by atoms with Gasteiger partial charge in [0, 0.05) is 10.6 Å². The molecule has 0 bridgehead atoms. The molecule has 3 aromatic rings. The van der Waals surface area contributed by atoms with Crippen LogP contribution in [0.5, 0.6) is 0 Å². The summed E-state index contributed by atoms with van der Waals surface area (Å²) >= 11 is 7.76. The molecule has 0 aromatic heterocycles. The van der Waals surface area contributed by atoms with Gasteiger partial charge in [0.2, 0.25) is 5.91 Å². The summed E-state index contributed by atoms with van der Waals surface area (Å²) in [5, 5.41) is 6.22. The fourth-order valence-electron chi connectivity index (χ4n) is 2.92. The Labute approximate surface area is 179 Å². The molecule has 2 amide bonds. The largest absolute Gasteiger partial charge is 0.345 e. The summed E-state index contributed by atoms with van der Waals surface area (Å²) in [6.45, 7) is 0. The molecule has 4 nitrogen and oxygen atoms in total. The van der Waals surface area contributed by atoms with Crippen LogP contribution < -0.4 is 10.6 Å². The Kier molecular flexibility index (Phi) is 7.33. The van der Waals surface area contributed by atoms with E-state index in [4.69, 9.17) is 11.6 Å². The number of benzene rings is 3. The van der Waals surface area contributed by atoms with Crippen molar-refractivity contribution in [2.45, 2.75) is 17.4 Å². The molecule has 6 heteroatoms. The lowest BCUT2D eigenvalue weighted by Gasteiger charge is -2.19. The van der Waals surface area contributed by atoms with Crippen LogP contribution in [-0.4, -0.2) is 18.1 Å². The van der Waals surface area contributed by atoms with Gasteiger partial charge < -0.3 is 10.6 Å². The second-order valence-corrected chi connectivity index (χ2v) is 7.69. The number of nitrogens with one attached hydrogen (secondary N) is 2. The van der Waals surface area contributed by atoms with Gasteiger partial charge in [0.05, 0.1) is 23.0 Å². The monoisotopic (exact) mass is 424 g/mol. The summed E-state index contributed by atoms with van der Waals surface area (Å²) in [6.07, 6.45) is 2.08. The topological polar surface area (TPSA) is 58.2 Å². The molecule has 148 valence electrons. The van der Waals surface area contributed by atoms with E-state index in [0.29, 0.717) is 10.6 Å². The molecule has 0 aliphatic rings.